The summed E-state index contributed by atoms with van der Waals surface area (Å²) >= 11 is 0. The van der Waals surface area contributed by atoms with Crippen molar-refractivity contribution in [2.45, 2.75) is 50.9 Å². The van der Waals surface area contributed by atoms with Crippen LogP contribution in [0.3, 0.4) is 0 Å². The van der Waals surface area contributed by atoms with Crippen molar-refractivity contribution in [1.82, 2.24) is 14.8 Å². The number of nitrogens with one attached hydrogen (secondary N) is 1. The van der Waals surface area contributed by atoms with Gasteiger partial charge in [-0.15, -0.1) is 0 Å². The van der Waals surface area contributed by atoms with Crippen molar-refractivity contribution >= 4 is 11.8 Å². The Hall–Kier alpha value is -2.76. The molecule has 0 spiro atoms. The summed E-state index contributed by atoms with van der Waals surface area (Å²) in [5.74, 6) is 0.651. The number of nitrogens with zero attached hydrogens (tertiary/aromatic N) is 2. The number of carbonyl (C=O) groups excluding carboxylic acids is 2. The normalized spacial score (nSPS) is 19.8. The molecule has 27 heavy (non-hydrogen) atoms. The van der Waals surface area contributed by atoms with E-state index in [9.17, 15) is 9.59 Å². The van der Waals surface area contributed by atoms with Crippen molar-refractivity contribution in [3.05, 3.63) is 53.9 Å². The van der Waals surface area contributed by atoms with Gasteiger partial charge in [-0.3, -0.25) is 9.59 Å². The fourth-order valence-corrected chi connectivity index (χ4v) is 4.09. The van der Waals surface area contributed by atoms with Gasteiger partial charge in [-0.1, -0.05) is 25.0 Å². The van der Waals surface area contributed by atoms with Crippen molar-refractivity contribution in [3.63, 3.8) is 0 Å². The van der Waals surface area contributed by atoms with Crippen LogP contribution in [0.25, 0.3) is 0 Å². The molecule has 0 saturated heterocycles. The lowest BCUT2D eigenvalue weighted by Crippen LogP contribution is -2.50. The summed E-state index contributed by atoms with van der Waals surface area (Å²) in [6.07, 6.45) is 6.21. The minimum absolute atomic E-state index is 0.0407. The predicted molar refractivity (Wildman–Crippen MR) is 101 cm³/mol. The highest BCUT2D eigenvalue weighted by molar-refractivity contribution is 5.90. The number of methoxy groups -OCH3 is 1. The third-order valence-electron chi connectivity index (χ3n) is 5.54. The standard InChI is InChI=1S/C21H25N3O3/c1-27-17-10-8-15(9-11-17)13-24-19(25)14-23-12-4-7-18(23)20(24)21(26)22-16-5-2-3-6-16/h4,7-12,16,20H,2-3,5-6,13-14H2,1H3,(H,22,26)/t20-/m0/s1. The number of benzene rings is 1. The highest BCUT2D eigenvalue weighted by Crippen LogP contribution is 2.30. The molecule has 1 fully saturated rings. The first-order valence-electron chi connectivity index (χ1n) is 9.53. The van der Waals surface area contributed by atoms with Crippen LogP contribution in [0.5, 0.6) is 5.75 Å². The van der Waals surface area contributed by atoms with Crippen LogP contribution >= 0.6 is 0 Å². The Labute approximate surface area is 159 Å². The molecule has 1 aromatic heterocycles. The Morgan fingerprint density at radius 1 is 1.19 bits per heavy atom. The molecule has 2 aromatic rings. The summed E-state index contributed by atoms with van der Waals surface area (Å²) in [5, 5.41) is 3.17. The molecule has 1 aliphatic carbocycles. The van der Waals surface area contributed by atoms with Gasteiger partial charge >= 0.3 is 0 Å². The van der Waals surface area contributed by atoms with Gasteiger partial charge in [0.2, 0.25) is 11.8 Å². The van der Waals surface area contributed by atoms with Crippen LogP contribution in [0.4, 0.5) is 0 Å². The number of carbonyl (C=O) groups is 2. The zero-order valence-electron chi connectivity index (χ0n) is 15.6. The third-order valence-corrected chi connectivity index (χ3v) is 5.54. The largest absolute Gasteiger partial charge is 0.497 e. The molecule has 1 aliphatic heterocycles. The van der Waals surface area contributed by atoms with E-state index in [4.69, 9.17) is 4.74 Å². The van der Waals surface area contributed by atoms with Crippen LogP contribution in [0.1, 0.15) is 43.0 Å². The number of hydrogen-bond acceptors (Lipinski definition) is 3. The highest BCUT2D eigenvalue weighted by atomic mass is 16.5. The Balaban J connectivity index is 1.60. The molecule has 4 rings (SSSR count). The molecular formula is C21H25N3O3. The van der Waals surface area contributed by atoms with Gasteiger partial charge in [-0.25, -0.2) is 0 Å². The summed E-state index contributed by atoms with van der Waals surface area (Å²) < 4.78 is 7.08. The molecule has 2 heterocycles. The first-order chi connectivity index (χ1) is 13.2. The topological polar surface area (TPSA) is 63.6 Å². The van der Waals surface area contributed by atoms with E-state index in [1.165, 1.54) is 0 Å². The van der Waals surface area contributed by atoms with Gasteiger partial charge in [-0.05, 0) is 42.7 Å². The highest BCUT2D eigenvalue weighted by Gasteiger charge is 2.38. The second kappa shape index (κ2) is 7.47. The lowest BCUT2D eigenvalue weighted by molar-refractivity contribution is -0.144. The van der Waals surface area contributed by atoms with Gasteiger partial charge in [0, 0.05) is 18.8 Å². The lowest BCUT2D eigenvalue weighted by Gasteiger charge is -2.36. The monoisotopic (exact) mass is 367 g/mol. The van der Waals surface area contributed by atoms with E-state index in [-0.39, 0.29) is 24.4 Å². The van der Waals surface area contributed by atoms with Gasteiger partial charge in [0.25, 0.3) is 0 Å². The molecule has 1 saturated carbocycles. The summed E-state index contributed by atoms with van der Waals surface area (Å²) in [5.41, 5.74) is 1.85. The molecule has 2 aliphatic rings. The maximum atomic E-state index is 13.1. The molecule has 0 bridgehead atoms. The van der Waals surface area contributed by atoms with Gasteiger partial charge < -0.3 is 19.5 Å². The number of ether oxygens (including phenoxy) is 1. The molecule has 1 aromatic carbocycles. The molecule has 0 unspecified atom stereocenters. The van der Waals surface area contributed by atoms with E-state index >= 15 is 0 Å². The number of hydrogen-bond donors (Lipinski definition) is 1. The molecule has 1 N–H and O–H groups in total. The first kappa shape index (κ1) is 17.6. The quantitative estimate of drug-likeness (QED) is 0.884. The van der Waals surface area contributed by atoms with Gasteiger partial charge in [0.1, 0.15) is 12.3 Å². The molecular weight excluding hydrogens is 342 g/mol. The Morgan fingerprint density at radius 3 is 2.63 bits per heavy atom. The minimum atomic E-state index is -0.594. The van der Waals surface area contributed by atoms with E-state index in [0.717, 1.165) is 42.7 Å². The van der Waals surface area contributed by atoms with Crippen molar-refractivity contribution in [2.24, 2.45) is 0 Å². The third kappa shape index (κ3) is 3.56. The molecule has 1 atom stereocenters. The summed E-state index contributed by atoms with van der Waals surface area (Å²) in [6, 6.07) is 11.1. The van der Waals surface area contributed by atoms with Crippen molar-refractivity contribution in [2.75, 3.05) is 7.11 Å². The van der Waals surface area contributed by atoms with Crippen LogP contribution in [0, 0.1) is 0 Å². The van der Waals surface area contributed by atoms with Gasteiger partial charge in [-0.2, -0.15) is 0 Å². The fourth-order valence-electron chi connectivity index (χ4n) is 4.09. The molecule has 0 radical (unpaired) electrons. The number of aromatic nitrogens is 1. The fraction of sp³-hybridized carbons (Fsp3) is 0.429. The Kier molecular flexibility index (Phi) is 4.88. The van der Waals surface area contributed by atoms with E-state index in [0.29, 0.717) is 6.54 Å². The lowest BCUT2D eigenvalue weighted by atomic mass is 10.1. The zero-order valence-corrected chi connectivity index (χ0v) is 15.6. The summed E-state index contributed by atoms with van der Waals surface area (Å²) in [4.78, 5) is 27.7. The summed E-state index contributed by atoms with van der Waals surface area (Å²) in [6.45, 7) is 0.669. The second-order valence-electron chi connectivity index (χ2n) is 7.32. The second-order valence-corrected chi connectivity index (χ2v) is 7.32. The Morgan fingerprint density at radius 2 is 1.93 bits per heavy atom. The average molecular weight is 367 g/mol. The number of amides is 2. The van der Waals surface area contributed by atoms with E-state index in [1.807, 2.05) is 47.2 Å². The molecule has 6 heteroatoms. The predicted octanol–water partition coefficient (Wildman–Crippen LogP) is 2.64. The first-order valence-corrected chi connectivity index (χ1v) is 9.53. The van der Waals surface area contributed by atoms with Crippen molar-refractivity contribution in [3.8, 4) is 5.75 Å². The average Bonchev–Trinajstić information content (AvgIpc) is 3.34. The van der Waals surface area contributed by atoms with E-state index in [2.05, 4.69) is 5.32 Å². The Bertz CT molecular complexity index is 821. The maximum absolute atomic E-state index is 13.1. The van der Waals surface area contributed by atoms with Gasteiger partial charge in [0.05, 0.1) is 12.8 Å². The van der Waals surface area contributed by atoms with Gasteiger partial charge in [0.15, 0.2) is 6.04 Å². The summed E-state index contributed by atoms with van der Waals surface area (Å²) in [7, 11) is 1.63. The van der Waals surface area contributed by atoms with Crippen molar-refractivity contribution in [1.29, 1.82) is 0 Å². The van der Waals surface area contributed by atoms with Crippen LogP contribution < -0.4 is 10.1 Å². The van der Waals surface area contributed by atoms with Crippen LogP contribution in [-0.4, -0.2) is 34.4 Å². The molecule has 2 amide bonds. The van der Waals surface area contributed by atoms with E-state index in [1.54, 1.807) is 12.0 Å². The van der Waals surface area contributed by atoms with Crippen LogP contribution in [-0.2, 0) is 22.7 Å². The molecule has 6 nitrogen and oxygen atoms in total. The smallest absolute Gasteiger partial charge is 0.249 e. The molecule has 142 valence electrons. The number of fused-ring (bicyclic) bond motifs is 1. The number of rotatable bonds is 5. The van der Waals surface area contributed by atoms with Crippen molar-refractivity contribution < 1.29 is 14.3 Å². The zero-order chi connectivity index (χ0) is 18.8. The SMILES string of the molecule is COc1ccc(CN2C(=O)Cn3cccc3[C@H]2C(=O)NC2CCCC2)cc1. The van der Waals surface area contributed by atoms with E-state index < -0.39 is 6.04 Å². The van der Waals surface area contributed by atoms with Crippen LogP contribution in [0.2, 0.25) is 0 Å². The minimum Gasteiger partial charge on any atom is -0.497 e. The van der Waals surface area contributed by atoms with Crippen LogP contribution in [0.15, 0.2) is 42.6 Å². The maximum Gasteiger partial charge on any atom is 0.249 e.